The summed E-state index contributed by atoms with van der Waals surface area (Å²) in [5.74, 6) is 1.27. The van der Waals surface area contributed by atoms with E-state index in [0.29, 0.717) is 17.3 Å². The van der Waals surface area contributed by atoms with E-state index in [0.717, 1.165) is 37.0 Å². The second kappa shape index (κ2) is 10.5. The van der Waals surface area contributed by atoms with Gasteiger partial charge in [0.25, 0.3) is 0 Å². The van der Waals surface area contributed by atoms with Gasteiger partial charge < -0.3 is 20.3 Å². The Balaban J connectivity index is 1.70. The summed E-state index contributed by atoms with van der Waals surface area (Å²) >= 11 is 5.35. The third-order valence-corrected chi connectivity index (χ3v) is 4.76. The van der Waals surface area contributed by atoms with Crippen molar-refractivity contribution in [1.29, 1.82) is 0 Å². The first-order chi connectivity index (χ1) is 12.5. The highest BCUT2D eigenvalue weighted by atomic mass is 32.1. The van der Waals surface area contributed by atoms with Gasteiger partial charge >= 0.3 is 5.97 Å². The summed E-state index contributed by atoms with van der Waals surface area (Å²) in [5, 5.41) is 6.95. The molecule has 1 aliphatic rings. The minimum absolute atomic E-state index is 0.319. The summed E-state index contributed by atoms with van der Waals surface area (Å²) in [7, 11) is 0. The summed E-state index contributed by atoms with van der Waals surface area (Å²) in [6.07, 6.45) is 2.40. The highest BCUT2D eigenvalue weighted by Crippen LogP contribution is 2.20. The van der Waals surface area contributed by atoms with Gasteiger partial charge in [-0.25, -0.2) is 4.79 Å². The summed E-state index contributed by atoms with van der Waals surface area (Å²) < 4.78 is 5.02. The van der Waals surface area contributed by atoms with Gasteiger partial charge in [-0.15, -0.1) is 0 Å². The molecule has 2 atom stereocenters. The van der Waals surface area contributed by atoms with E-state index in [9.17, 15) is 4.79 Å². The van der Waals surface area contributed by atoms with Crippen molar-refractivity contribution in [3.8, 4) is 0 Å². The van der Waals surface area contributed by atoms with Crippen LogP contribution in [0.1, 0.15) is 44.0 Å². The lowest BCUT2D eigenvalue weighted by atomic mass is 9.92. The molecular formula is C20H31N3O2S. The van der Waals surface area contributed by atoms with E-state index >= 15 is 0 Å². The zero-order valence-electron chi connectivity index (χ0n) is 16.1. The molecule has 0 saturated carbocycles. The van der Waals surface area contributed by atoms with Crippen LogP contribution in [-0.4, -0.2) is 48.8 Å². The van der Waals surface area contributed by atoms with Gasteiger partial charge in [0.2, 0.25) is 0 Å². The van der Waals surface area contributed by atoms with E-state index in [1.807, 2.05) is 12.1 Å². The largest absolute Gasteiger partial charge is 0.462 e. The fourth-order valence-electron chi connectivity index (χ4n) is 3.59. The van der Waals surface area contributed by atoms with Gasteiger partial charge in [0, 0.05) is 25.3 Å². The number of hydrogen-bond donors (Lipinski definition) is 2. The summed E-state index contributed by atoms with van der Waals surface area (Å²) in [6, 6.07) is 7.19. The van der Waals surface area contributed by atoms with E-state index in [2.05, 4.69) is 29.4 Å². The number of carbonyl (C=O) groups is 1. The molecule has 0 spiro atoms. The van der Waals surface area contributed by atoms with E-state index in [4.69, 9.17) is 17.0 Å². The Bertz CT molecular complexity index is 598. The van der Waals surface area contributed by atoms with Crippen molar-refractivity contribution in [2.75, 3.05) is 38.1 Å². The molecule has 0 aromatic heterocycles. The van der Waals surface area contributed by atoms with Crippen molar-refractivity contribution < 1.29 is 9.53 Å². The van der Waals surface area contributed by atoms with Crippen LogP contribution in [0.2, 0.25) is 0 Å². The van der Waals surface area contributed by atoms with Crippen molar-refractivity contribution in [2.24, 2.45) is 11.8 Å². The van der Waals surface area contributed by atoms with Gasteiger partial charge in [0.1, 0.15) is 0 Å². The standard InChI is InChI=1S/C20H31N3O2S/c1-4-25-19(24)17-7-5-8-18(12-17)22-20(26)21-9-6-10-23-13-15(2)11-16(3)14-23/h5,7-8,12,15-16H,4,6,9-11,13-14H2,1-3H3,(H2,21,22,26)/t15-,16-/m1/s1. The average Bonchev–Trinajstić information content (AvgIpc) is 2.58. The van der Waals surface area contributed by atoms with Crippen LogP contribution in [0.4, 0.5) is 5.69 Å². The van der Waals surface area contributed by atoms with Crippen molar-refractivity contribution >= 4 is 29.0 Å². The summed E-state index contributed by atoms with van der Waals surface area (Å²) in [5.41, 5.74) is 1.31. The third-order valence-electron chi connectivity index (χ3n) is 4.51. The second-order valence-corrected chi connectivity index (χ2v) is 7.65. The van der Waals surface area contributed by atoms with Crippen LogP contribution in [-0.2, 0) is 4.74 Å². The number of nitrogens with zero attached hydrogens (tertiary/aromatic N) is 1. The predicted octanol–water partition coefficient (Wildman–Crippen LogP) is 3.52. The second-order valence-electron chi connectivity index (χ2n) is 7.24. The lowest BCUT2D eigenvalue weighted by molar-refractivity contribution is 0.0526. The Kier molecular flexibility index (Phi) is 8.32. The molecule has 0 unspecified atom stereocenters. The third kappa shape index (κ3) is 6.92. The number of ether oxygens (including phenoxy) is 1. The Labute approximate surface area is 162 Å². The molecule has 26 heavy (non-hydrogen) atoms. The summed E-state index contributed by atoms with van der Waals surface area (Å²) in [4.78, 5) is 14.3. The number of rotatable bonds is 7. The fraction of sp³-hybridized carbons (Fsp3) is 0.600. The Morgan fingerprint density at radius 2 is 2.04 bits per heavy atom. The monoisotopic (exact) mass is 377 g/mol. The quantitative estimate of drug-likeness (QED) is 0.431. The number of piperidine rings is 1. The van der Waals surface area contributed by atoms with Crippen molar-refractivity contribution in [3.63, 3.8) is 0 Å². The average molecular weight is 378 g/mol. The number of nitrogens with one attached hydrogen (secondary N) is 2. The lowest BCUT2D eigenvalue weighted by Gasteiger charge is -2.35. The molecule has 6 heteroatoms. The molecule has 144 valence electrons. The van der Waals surface area contributed by atoms with E-state index < -0.39 is 0 Å². The SMILES string of the molecule is CCOC(=O)c1cccc(NC(=S)NCCCN2C[C@H](C)C[C@@H](C)C2)c1. The molecule has 1 saturated heterocycles. The zero-order valence-corrected chi connectivity index (χ0v) is 16.9. The van der Waals surface area contributed by atoms with Crippen molar-refractivity contribution in [1.82, 2.24) is 10.2 Å². The van der Waals surface area contributed by atoms with Gasteiger partial charge in [-0.2, -0.15) is 0 Å². The van der Waals surface area contributed by atoms with Crippen LogP contribution < -0.4 is 10.6 Å². The molecule has 5 nitrogen and oxygen atoms in total. The van der Waals surface area contributed by atoms with Crippen molar-refractivity contribution in [3.05, 3.63) is 29.8 Å². The number of thiocarbonyl (C=S) groups is 1. The van der Waals surface area contributed by atoms with E-state index in [-0.39, 0.29) is 5.97 Å². The molecule has 0 radical (unpaired) electrons. The van der Waals surface area contributed by atoms with Gasteiger partial charge in [-0.1, -0.05) is 19.9 Å². The zero-order chi connectivity index (χ0) is 18.9. The first-order valence-corrected chi connectivity index (χ1v) is 9.93. The Morgan fingerprint density at radius 1 is 1.31 bits per heavy atom. The van der Waals surface area contributed by atoms with Crippen LogP contribution in [0.15, 0.2) is 24.3 Å². The molecule has 1 aliphatic heterocycles. The van der Waals surface area contributed by atoms with Crippen molar-refractivity contribution in [2.45, 2.75) is 33.6 Å². The molecule has 1 aromatic carbocycles. The minimum Gasteiger partial charge on any atom is -0.462 e. The number of hydrogen-bond acceptors (Lipinski definition) is 4. The Morgan fingerprint density at radius 3 is 2.73 bits per heavy atom. The van der Waals surface area contributed by atoms with Crippen LogP contribution in [0.3, 0.4) is 0 Å². The normalized spacial score (nSPS) is 20.4. The number of anilines is 1. The summed E-state index contributed by atoms with van der Waals surface area (Å²) in [6.45, 7) is 11.2. The maximum absolute atomic E-state index is 11.8. The van der Waals surface area contributed by atoms with Crippen LogP contribution in [0, 0.1) is 11.8 Å². The van der Waals surface area contributed by atoms with Gasteiger partial charge in [0.15, 0.2) is 5.11 Å². The number of esters is 1. The molecule has 2 N–H and O–H groups in total. The molecule has 0 amide bonds. The van der Waals surface area contributed by atoms with Gasteiger partial charge in [0.05, 0.1) is 12.2 Å². The van der Waals surface area contributed by atoms with Crippen LogP contribution in [0.5, 0.6) is 0 Å². The first-order valence-electron chi connectivity index (χ1n) is 9.52. The molecule has 1 fully saturated rings. The van der Waals surface area contributed by atoms with E-state index in [1.165, 1.54) is 19.5 Å². The maximum atomic E-state index is 11.8. The highest BCUT2D eigenvalue weighted by Gasteiger charge is 2.20. The lowest BCUT2D eigenvalue weighted by Crippen LogP contribution is -2.40. The van der Waals surface area contributed by atoms with E-state index in [1.54, 1.807) is 19.1 Å². The molecule has 2 rings (SSSR count). The predicted molar refractivity (Wildman–Crippen MR) is 111 cm³/mol. The maximum Gasteiger partial charge on any atom is 0.338 e. The molecular weight excluding hydrogens is 346 g/mol. The smallest absolute Gasteiger partial charge is 0.338 e. The van der Waals surface area contributed by atoms with Gasteiger partial charge in [-0.05, 0) is 68.6 Å². The number of likely N-dealkylation sites (tertiary alicyclic amines) is 1. The van der Waals surface area contributed by atoms with Crippen LogP contribution >= 0.6 is 12.2 Å². The van der Waals surface area contributed by atoms with Crippen LogP contribution in [0.25, 0.3) is 0 Å². The first kappa shape index (κ1) is 20.6. The van der Waals surface area contributed by atoms with Gasteiger partial charge in [-0.3, -0.25) is 0 Å². The number of benzene rings is 1. The fourth-order valence-corrected chi connectivity index (χ4v) is 3.81. The highest BCUT2D eigenvalue weighted by molar-refractivity contribution is 7.80. The topological polar surface area (TPSA) is 53.6 Å². The number of carbonyl (C=O) groups excluding carboxylic acids is 1. The Hall–Kier alpha value is -1.66. The molecule has 1 aromatic rings. The minimum atomic E-state index is -0.319. The molecule has 0 bridgehead atoms. The molecule has 0 aliphatic carbocycles. The molecule has 1 heterocycles.